The van der Waals surface area contributed by atoms with Gasteiger partial charge in [-0.05, 0) is 115 Å². The van der Waals surface area contributed by atoms with E-state index in [0.29, 0.717) is 17.2 Å². The standard InChI is InChI=1S/C31H26N10O2S3/c32-46(42,43)28-16-8-24(9-17-28)39-44-26-12-6-23(7-13-26)36-37-29-20-41(38-31(29)35-22-4-2-1-3-5-22)25-10-14-27(15-11-25)45-40-30-18-19-33-21-34-30/h1-21,39H,(H,35,38)(H2,32,42,43)(H,33,34,40). The maximum Gasteiger partial charge on any atom is 0.238 e. The molecular weight excluding hydrogens is 641 g/mol. The van der Waals surface area contributed by atoms with Crippen LogP contribution in [0.2, 0.25) is 0 Å². The maximum atomic E-state index is 11.5. The molecule has 0 aliphatic rings. The quantitative estimate of drug-likeness (QED) is 0.0751. The van der Waals surface area contributed by atoms with Crippen LogP contribution in [0.4, 0.5) is 34.4 Å². The van der Waals surface area contributed by atoms with E-state index in [1.165, 1.54) is 42.4 Å². The van der Waals surface area contributed by atoms with Crippen LogP contribution in [0.15, 0.2) is 153 Å². The van der Waals surface area contributed by atoms with E-state index in [-0.39, 0.29) is 4.90 Å². The molecule has 6 rings (SSSR count). The van der Waals surface area contributed by atoms with Crippen LogP contribution in [0, 0.1) is 0 Å². The summed E-state index contributed by atoms with van der Waals surface area (Å²) >= 11 is 2.83. The third kappa shape index (κ3) is 8.28. The van der Waals surface area contributed by atoms with Gasteiger partial charge >= 0.3 is 0 Å². The van der Waals surface area contributed by atoms with Crippen LogP contribution in [-0.4, -0.2) is 28.2 Å². The first-order valence-corrected chi connectivity index (χ1v) is 16.9. The minimum absolute atomic E-state index is 0.0609. The Morgan fingerprint density at radius 1 is 0.739 bits per heavy atom. The molecule has 2 heterocycles. The summed E-state index contributed by atoms with van der Waals surface area (Å²) in [6, 6.07) is 33.3. The average Bonchev–Trinajstić information content (AvgIpc) is 3.49. The number of aromatic nitrogens is 4. The predicted molar refractivity (Wildman–Crippen MR) is 183 cm³/mol. The van der Waals surface area contributed by atoms with Crippen molar-refractivity contribution in [1.82, 2.24) is 19.7 Å². The number of nitrogens with two attached hydrogens (primary N) is 1. The third-order valence-electron chi connectivity index (χ3n) is 6.27. The lowest BCUT2D eigenvalue weighted by atomic mass is 10.3. The first kappa shape index (κ1) is 30.8. The van der Waals surface area contributed by atoms with Gasteiger partial charge in [-0.3, -0.25) is 0 Å². The van der Waals surface area contributed by atoms with Gasteiger partial charge in [0, 0.05) is 27.4 Å². The maximum absolute atomic E-state index is 11.5. The number of hydrogen-bond donors (Lipinski definition) is 4. The number of hydrogen-bond acceptors (Lipinski definition) is 12. The Labute approximate surface area is 273 Å². The molecule has 0 fully saturated rings. The summed E-state index contributed by atoms with van der Waals surface area (Å²) in [6.45, 7) is 0. The number of benzene rings is 4. The summed E-state index contributed by atoms with van der Waals surface area (Å²) in [4.78, 5) is 10.1. The number of nitrogens with one attached hydrogen (secondary N) is 3. The van der Waals surface area contributed by atoms with Gasteiger partial charge in [0.15, 0.2) is 5.82 Å². The van der Waals surface area contributed by atoms with E-state index in [4.69, 9.17) is 10.2 Å². The number of nitrogens with zero attached hydrogens (tertiary/aromatic N) is 6. The summed E-state index contributed by atoms with van der Waals surface area (Å²) in [5.74, 6) is 1.28. The van der Waals surface area contributed by atoms with Gasteiger partial charge in [0.05, 0.1) is 22.5 Å². The highest BCUT2D eigenvalue weighted by Crippen LogP contribution is 2.31. The molecule has 12 nitrogen and oxygen atoms in total. The molecule has 46 heavy (non-hydrogen) atoms. The monoisotopic (exact) mass is 666 g/mol. The van der Waals surface area contributed by atoms with Gasteiger partial charge in [0.2, 0.25) is 10.0 Å². The Bertz CT molecular complexity index is 2020. The van der Waals surface area contributed by atoms with Crippen LogP contribution in [-0.2, 0) is 10.0 Å². The van der Waals surface area contributed by atoms with Gasteiger partial charge in [-0.15, -0.1) is 10.2 Å². The number of para-hydroxylation sites is 1. The van der Waals surface area contributed by atoms with Crippen LogP contribution in [0.5, 0.6) is 0 Å². The van der Waals surface area contributed by atoms with Crippen molar-refractivity contribution in [2.24, 2.45) is 15.4 Å². The molecule has 0 saturated heterocycles. The highest BCUT2D eigenvalue weighted by molar-refractivity contribution is 8.00. The van der Waals surface area contributed by atoms with Crippen molar-refractivity contribution in [1.29, 1.82) is 0 Å². The van der Waals surface area contributed by atoms with Gasteiger partial charge < -0.3 is 14.8 Å². The molecule has 0 atom stereocenters. The molecule has 230 valence electrons. The zero-order chi connectivity index (χ0) is 31.8. The molecule has 2 aromatic heterocycles. The summed E-state index contributed by atoms with van der Waals surface area (Å²) in [7, 11) is -3.73. The normalized spacial score (nSPS) is 11.4. The number of anilines is 4. The summed E-state index contributed by atoms with van der Waals surface area (Å²) in [6.07, 6.45) is 5.01. The Morgan fingerprint density at radius 3 is 2.11 bits per heavy atom. The molecule has 0 bridgehead atoms. The molecule has 0 aliphatic carbocycles. The fraction of sp³-hybridized carbons (Fsp3) is 0. The predicted octanol–water partition coefficient (Wildman–Crippen LogP) is 7.71. The third-order valence-corrected chi connectivity index (χ3v) is 8.86. The van der Waals surface area contributed by atoms with Crippen LogP contribution < -0.4 is 19.9 Å². The van der Waals surface area contributed by atoms with Gasteiger partial charge in [-0.2, -0.15) is 5.11 Å². The van der Waals surface area contributed by atoms with E-state index in [0.717, 1.165) is 32.7 Å². The van der Waals surface area contributed by atoms with E-state index in [1.54, 1.807) is 29.1 Å². The lowest BCUT2D eigenvalue weighted by Crippen LogP contribution is -2.11. The zero-order valence-electron chi connectivity index (χ0n) is 23.9. The van der Waals surface area contributed by atoms with Crippen molar-refractivity contribution in [3.05, 3.63) is 128 Å². The molecule has 0 amide bonds. The Balaban J connectivity index is 1.14. The van der Waals surface area contributed by atoms with Gasteiger partial charge in [0.1, 0.15) is 17.8 Å². The lowest BCUT2D eigenvalue weighted by molar-refractivity contribution is 0.598. The van der Waals surface area contributed by atoms with Gasteiger partial charge in [-0.25, -0.2) is 28.2 Å². The molecule has 0 unspecified atom stereocenters. The molecule has 15 heteroatoms. The average molecular weight is 667 g/mol. The van der Waals surface area contributed by atoms with Crippen LogP contribution in [0.3, 0.4) is 0 Å². The zero-order valence-corrected chi connectivity index (χ0v) is 26.4. The number of sulfonamides is 1. The van der Waals surface area contributed by atoms with E-state index in [1.807, 2.05) is 85.1 Å². The van der Waals surface area contributed by atoms with Crippen molar-refractivity contribution < 1.29 is 8.42 Å². The highest BCUT2D eigenvalue weighted by Gasteiger charge is 2.12. The minimum Gasteiger partial charge on any atom is -0.337 e. The summed E-state index contributed by atoms with van der Waals surface area (Å²) < 4.78 is 31.0. The first-order chi connectivity index (χ1) is 22.4. The summed E-state index contributed by atoms with van der Waals surface area (Å²) in [5.41, 5.74) is 3.70. The lowest BCUT2D eigenvalue weighted by Gasteiger charge is -2.06. The van der Waals surface area contributed by atoms with Crippen molar-refractivity contribution in [3.63, 3.8) is 0 Å². The molecule has 0 aliphatic heterocycles. The fourth-order valence-corrected chi connectivity index (χ4v) is 5.74. The second kappa shape index (κ2) is 14.3. The van der Waals surface area contributed by atoms with Crippen LogP contribution in [0.1, 0.15) is 0 Å². The Morgan fingerprint density at radius 2 is 1.43 bits per heavy atom. The van der Waals surface area contributed by atoms with Gasteiger partial charge in [-0.1, -0.05) is 18.2 Å². The van der Waals surface area contributed by atoms with E-state index in [9.17, 15) is 8.42 Å². The van der Waals surface area contributed by atoms with Crippen molar-refractivity contribution in [2.75, 3.05) is 14.8 Å². The van der Waals surface area contributed by atoms with Gasteiger partial charge in [0.25, 0.3) is 0 Å². The molecule has 6 aromatic rings. The number of azo groups is 1. The smallest absolute Gasteiger partial charge is 0.238 e. The van der Waals surface area contributed by atoms with E-state index < -0.39 is 10.0 Å². The molecule has 0 spiro atoms. The second-order valence-electron chi connectivity index (χ2n) is 9.56. The summed E-state index contributed by atoms with van der Waals surface area (Å²) in [5, 5.41) is 22.2. The van der Waals surface area contributed by atoms with E-state index in [2.05, 4.69) is 35.0 Å². The first-order valence-electron chi connectivity index (χ1n) is 13.7. The van der Waals surface area contributed by atoms with Crippen molar-refractivity contribution in [2.45, 2.75) is 14.7 Å². The van der Waals surface area contributed by atoms with Crippen LogP contribution in [0.25, 0.3) is 5.69 Å². The fourth-order valence-electron chi connectivity index (χ4n) is 3.97. The molecule has 0 saturated carbocycles. The van der Waals surface area contributed by atoms with E-state index >= 15 is 0 Å². The number of primary sulfonamides is 1. The molecule has 4 aromatic carbocycles. The second-order valence-corrected chi connectivity index (χ2v) is 12.9. The number of rotatable bonds is 12. The van der Waals surface area contributed by atoms with Crippen molar-refractivity contribution in [3.8, 4) is 5.69 Å². The topological polar surface area (TPSA) is 165 Å². The molecular formula is C31H26N10O2S3. The highest BCUT2D eigenvalue weighted by atomic mass is 32.2. The SMILES string of the molecule is NS(=O)(=O)c1ccc(NSc2ccc(N=Nc3cn(-c4ccc(SNc5ccncn5)cc4)nc3Nc3ccccc3)cc2)cc1. The van der Waals surface area contributed by atoms with Crippen molar-refractivity contribution >= 4 is 68.3 Å². The molecule has 0 radical (unpaired) electrons. The largest absolute Gasteiger partial charge is 0.337 e. The minimum atomic E-state index is -3.73. The Hall–Kier alpha value is -5.22. The van der Waals surface area contributed by atoms with Crippen LogP contribution >= 0.6 is 23.9 Å². The Kier molecular flexibility index (Phi) is 9.54. The molecule has 5 N–H and O–H groups in total.